The number of amides is 1. The molecule has 2 atom stereocenters. The lowest BCUT2D eigenvalue weighted by atomic mass is 10.2. The van der Waals surface area contributed by atoms with E-state index in [1.165, 1.54) is 12.1 Å². The van der Waals surface area contributed by atoms with Gasteiger partial charge in [0.2, 0.25) is 12.4 Å². The molecule has 34 heavy (non-hydrogen) atoms. The van der Waals surface area contributed by atoms with Gasteiger partial charge in [0.15, 0.2) is 0 Å². The second-order valence-corrected chi connectivity index (χ2v) is 9.82. The number of nitrogens with one attached hydrogen (secondary N) is 1. The Labute approximate surface area is 198 Å². The lowest BCUT2D eigenvalue weighted by Gasteiger charge is -2.39. The summed E-state index contributed by atoms with van der Waals surface area (Å²) < 4.78 is 31.3. The third-order valence-corrected chi connectivity index (χ3v) is 6.77. The summed E-state index contributed by atoms with van der Waals surface area (Å²) in [5, 5.41) is 7.28. The lowest BCUT2D eigenvalue weighted by Crippen LogP contribution is -2.53. The summed E-state index contributed by atoms with van der Waals surface area (Å²) in [6.45, 7) is 3.50. The maximum Gasteiger partial charge on any atom is 0.294 e. The van der Waals surface area contributed by atoms with Gasteiger partial charge in [-0.05, 0) is 38.0 Å². The molecule has 0 spiro atoms. The van der Waals surface area contributed by atoms with Crippen LogP contribution in [0.4, 0.5) is 17.5 Å². The fraction of sp³-hybridized carbons (Fsp3) is 0.364. The summed E-state index contributed by atoms with van der Waals surface area (Å²) in [7, 11) is -2.15. The monoisotopic (exact) mass is 485 g/mol. The van der Waals surface area contributed by atoms with Gasteiger partial charge in [0, 0.05) is 44.6 Å². The van der Waals surface area contributed by atoms with Gasteiger partial charge in [-0.2, -0.15) is 18.5 Å². The van der Waals surface area contributed by atoms with Crippen LogP contribution in [0.5, 0.6) is 0 Å². The van der Waals surface area contributed by atoms with Gasteiger partial charge >= 0.3 is 0 Å². The molecule has 1 amide bonds. The van der Waals surface area contributed by atoms with Gasteiger partial charge < -0.3 is 15.1 Å². The van der Waals surface area contributed by atoms with Crippen molar-refractivity contribution < 1.29 is 17.8 Å². The number of anilines is 3. The van der Waals surface area contributed by atoms with E-state index in [1.54, 1.807) is 29.2 Å². The Balaban J connectivity index is 0.000000210. The number of nitrogens with zero attached hydrogens (tertiary/aromatic N) is 6. The maximum atomic E-state index is 11.2. The van der Waals surface area contributed by atoms with E-state index in [0.29, 0.717) is 18.0 Å². The van der Waals surface area contributed by atoms with Gasteiger partial charge in [0.25, 0.3) is 10.1 Å². The molecule has 0 saturated carbocycles. The van der Waals surface area contributed by atoms with E-state index >= 15 is 0 Å². The summed E-state index contributed by atoms with van der Waals surface area (Å²) in [5.74, 6) is 1.45. The molecule has 3 aromatic rings. The van der Waals surface area contributed by atoms with E-state index in [2.05, 4.69) is 25.3 Å². The highest BCUT2D eigenvalue weighted by Crippen LogP contribution is 2.31. The molecule has 2 fully saturated rings. The van der Waals surface area contributed by atoms with Gasteiger partial charge in [0.05, 0.1) is 16.8 Å². The number of rotatable bonds is 5. The first-order valence-electron chi connectivity index (χ1n) is 10.8. The first kappa shape index (κ1) is 23.6. The molecule has 2 aliphatic heterocycles. The largest absolute Gasteiger partial charge is 0.352 e. The van der Waals surface area contributed by atoms with Gasteiger partial charge in [-0.25, -0.2) is 4.98 Å². The number of aromatic nitrogens is 4. The van der Waals surface area contributed by atoms with Gasteiger partial charge in [-0.3, -0.25) is 14.0 Å². The summed E-state index contributed by atoms with van der Waals surface area (Å²) >= 11 is 0. The smallest absolute Gasteiger partial charge is 0.294 e. The molecule has 2 bridgehead atoms. The normalized spacial score (nSPS) is 19.4. The van der Waals surface area contributed by atoms with Crippen LogP contribution < -0.4 is 10.2 Å². The average molecular weight is 486 g/mol. The minimum atomic E-state index is -4.02. The maximum absolute atomic E-state index is 11.2. The Morgan fingerprint density at radius 3 is 2.35 bits per heavy atom. The molecule has 2 saturated heterocycles. The summed E-state index contributed by atoms with van der Waals surface area (Å²) in [4.78, 5) is 24.2. The Morgan fingerprint density at radius 2 is 1.79 bits per heavy atom. The zero-order chi connectivity index (χ0) is 24.3. The topological polar surface area (TPSA) is 134 Å². The Bertz CT molecular complexity index is 1230. The van der Waals surface area contributed by atoms with Crippen molar-refractivity contribution in [2.45, 2.75) is 36.7 Å². The Hall–Kier alpha value is -3.51. The molecule has 1 aromatic carbocycles. The minimum absolute atomic E-state index is 0.0666. The molecule has 0 radical (unpaired) electrons. The van der Waals surface area contributed by atoms with Gasteiger partial charge in [-0.15, -0.1) is 0 Å². The molecular weight excluding hydrogens is 458 g/mol. The Kier molecular flexibility index (Phi) is 6.80. The van der Waals surface area contributed by atoms with Crippen LogP contribution in [-0.4, -0.2) is 69.2 Å². The van der Waals surface area contributed by atoms with Crippen LogP contribution in [-0.2, 0) is 22.0 Å². The van der Waals surface area contributed by atoms with E-state index in [1.807, 2.05) is 31.1 Å². The minimum Gasteiger partial charge on any atom is -0.352 e. The fourth-order valence-electron chi connectivity index (χ4n) is 4.21. The average Bonchev–Trinajstić information content (AvgIpc) is 3.32. The van der Waals surface area contributed by atoms with Crippen LogP contribution in [0.15, 0.2) is 53.8 Å². The molecule has 0 unspecified atom stereocenters. The summed E-state index contributed by atoms with van der Waals surface area (Å²) in [6, 6.07) is 8.51. The molecule has 2 aromatic heterocycles. The molecule has 4 heterocycles. The van der Waals surface area contributed by atoms with E-state index < -0.39 is 10.1 Å². The van der Waals surface area contributed by atoms with Crippen molar-refractivity contribution in [3.05, 3.63) is 54.5 Å². The van der Waals surface area contributed by atoms with Crippen molar-refractivity contribution in [3.63, 3.8) is 0 Å². The van der Waals surface area contributed by atoms with E-state index in [9.17, 15) is 13.2 Å². The van der Waals surface area contributed by atoms with Crippen molar-refractivity contribution in [1.82, 2.24) is 24.6 Å². The van der Waals surface area contributed by atoms with Crippen LogP contribution in [0, 0.1) is 6.92 Å². The van der Waals surface area contributed by atoms with Crippen molar-refractivity contribution in [2.75, 3.05) is 23.3 Å². The number of fused-ring (bicyclic) bond motifs is 2. The molecule has 180 valence electrons. The van der Waals surface area contributed by atoms with E-state index in [-0.39, 0.29) is 4.90 Å². The van der Waals surface area contributed by atoms with Gasteiger partial charge in [-0.1, -0.05) is 17.7 Å². The number of hydrogen-bond donors (Lipinski definition) is 2. The third kappa shape index (κ3) is 5.51. The predicted octanol–water partition coefficient (Wildman–Crippen LogP) is 2.00. The lowest BCUT2D eigenvalue weighted by molar-refractivity contribution is -0.121. The molecule has 5 rings (SSSR count). The van der Waals surface area contributed by atoms with Crippen LogP contribution in [0.2, 0.25) is 0 Å². The van der Waals surface area contributed by atoms with Crippen molar-refractivity contribution in [2.24, 2.45) is 7.05 Å². The standard InChI is InChI=1S/C15H19N7O.C7H8O3S/c1-20-7-11(6-17-20)18-15-16-5-4-14(19-15)21-8-12-2-3-13(9-21)22(12)10-23;1-6-2-4-7(5-3-6)11(8,9)10/h4-7,10,12-13H,2-3,8-9H2,1H3,(H,16,18,19);2-5H,1H3,(H,8,9,10)/t12-,13+;. The molecule has 0 aliphatic carbocycles. The zero-order valence-corrected chi connectivity index (χ0v) is 19.8. The number of carbonyl (C=O) groups is 1. The number of aryl methyl sites for hydroxylation is 2. The highest BCUT2D eigenvalue weighted by atomic mass is 32.2. The number of hydrogen-bond acceptors (Lipinski definition) is 8. The summed E-state index contributed by atoms with van der Waals surface area (Å²) in [6.07, 6.45) is 8.51. The SMILES string of the molecule is Cc1ccc(S(=O)(=O)O)cc1.Cn1cc(Nc2nccc(N3C[C@H]4CC[C@@H](C3)N4C=O)n2)cn1. The van der Waals surface area contributed by atoms with Crippen LogP contribution in [0.1, 0.15) is 18.4 Å². The van der Waals surface area contributed by atoms with Crippen LogP contribution >= 0.6 is 0 Å². The molecule has 2 N–H and O–H groups in total. The fourth-order valence-corrected chi connectivity index (χ4v) is 4.69. The van der Waals surface area contributed by atoms with Crippen LogP contribution in [0.25, 0.3) is 0 Å². The number of carbonyl (C=O) groups excluding carboxylic acids is 1. The highest BCUT2D eigenvalue weighted by Gasteiger charge is 2.39. The molecule has 2 aliphatic rings. The highest BCUT2D eigenvalue weighted by molar-refractivity contribution is 7.85. The van der Waals surface area contributed by atoms with Crippen LogP contribution in [0.3, 0.4) is 0 Å². The first-order valence-corrected chi connectivity index (χ1v) is 12.3. The molecular formula is C22H27N7O4S. The van der Waals surface area contributed by atoms with E-state index in [4.69, 9.17) is 4.55 Å². The second kappa shape index (κ2) is 9.77. The zero-order valence-electron chi connectivity index (χ0n) is 18.9. The quantitative estimate of drug-likeness (QED) is 0.411. The van der Waals surface area contributed by atoms with Crippen molar-refractivity contribution in [1.29, 1.82) is 0 Å². The second-order valence-electron chi connectivity index (χ2n) is 8.40. The van der Waals surface area contributed by atoms with E-state index in [0.717, 1.165) is 49.4 Å². The number of benzene rings is 1. The molecule has 11 nitrogen and oxygen atoms in total. The number of piperazine rings is 1. The van der Waals surface area contributed by atoms with Gasteiger partial charge in [0.1, 0.15) is 5.82 Å². The van der Waals surface area contributed by atoms with Crippen molar-refractivity contribution >= 4 is 34.0 Å². The summed E-state index contributed by atoms with van der Waals surface area (Å²) in [5.41, 5.74) is 1.81. The predicted molar refractivity (Wildman–Crippen MR) is 126 cm³/mol. The van der Waals surface area contributed by atoms with Crippen molar-refractivity contribution in [3.8, 4) is 0 Å². The first-order chi connectivity index (χ1) is 16.2. The third-order valence-electron chi connectivity index (χ3n) is 5.91. The molecule has 12 heteroatoms. The Morgan fingerprint density at radius 1 is 1.12 bits per heavy atom.